The molecule has 1 aromatic heterocycles. The molecule has 1 aromatic carbocycles. The van der Waals surface area contributed by atoms with E-state index in [0.717, 1.165) is 18.0 Å². The van der Waals surface area contributed by atoms with Gasteiger partial charge in [-0.05, 0) is 55.3 Å². The molecular formula is C15H17ClN2. The third-order valence-corrected chi connectivity index (χ3v) is 3.20. The Morgan fingerprint density at radius 3 is 2.72 bits per heavy atom. The first-order valence-corrected chi connectivity index (χ1v) is 6.51. The summed E-state index contributed by atoms with van der Waals surface area (Å²) in [6, 6.07) is 12.4. The molecule has 2 nitrogen and oxygen atoms in total. The molecule has 1 heterocycles. The second kappa shape index (κ2) is 6.53. The van der Waals surface area contributed by atoms with Crippen molar-refractivity contribution in [2.45, 2.75) is 19.4 Å². The first-order valence-electron chi connectivity index (χ1n) is 6.13. The summed E-state index contributed by atoms with van der Waals surface area (Å²) in [4.78, 5) is 4.01. The molecule has 2 aromatic rings. The van der Waals surface area contributed by atoms with Crippen LogP contribution < -0.4 is 5.32 Å². The van der Waals surface area contributed by atoms with E-state index in [2.05, 4.69) is 23.3 Å². The van der Waals surface area contributed by atoms with Crippen molar-refractivity contribution in [1.29, 1.82) is 0 Å². The maximum Gasteiger partial charge on any atom is 0.0409 e. The average molecular weight is 261 g/mol. The number of hydrogen-bond acceptors (Lipinski definition) is 2. The zero-order valence-electron chi connectivity index (χ0n) is 10.4. The normalized spacial score (nSPS) is 12.3. The van der Waals surface area contributed by atoms with E-state index in [1.807, 2.05) is 42.7 Å². The lowest BCUT2D eigenvalue weighted by Gasteiger charge is -2.14. The fourth-order valence-corrected chi connectivity index (χ4v) is 2.07. The highest BCUT2D eigenvalue weighted by atomic mass is 35.5. The fraction of sp³-hybridized carbons (Fsp3) is 0.267. The van der Waals surface area contributed by atoms with Crippen LogP contribution in [0.5, 0.6) is 0 Å². The van der Waals surface area contributed by atoms with E-state index in [1.165, 1.54) is 11.1 Å². The summed E-state index contributed by atoms with van der Waals surface area (Å²) in [5, 5.41) is 4.28. The number of aromatic nitrogens is 1. The number of halogens is 1. The quantitative estimate of drug-likeness (QED) is 0.888. The molecule has 0 saturated heterocycles. The summed E-state index contributed by atoms with van der Waals surface area (Å²) in [6.07, 6.45) is 4.67. The van der Waals surface area contributed by atoms with Crippen LogP contribution in [0.15, 0.2) is 48.8 Å². The molecule has 0 bridgehead atoms. The highest BCUT2D eigenvalue weighted by Crippen LogP contribution is 2.17. The van der Waals surface area contributed by atoms with Gasteiger partial charge in [-0.1, -0.05) is 23.7 Å². The van der Waals surface area contributed by atoms with Crippen LogP contribution in [0.1, 0.15) is 24.1 Å². The number of rotatable bonds is 5. The maximum atomic E-state index is 5.98. The lowest BCUT2D eigenvalue weighted by atomic mass is 10.1. The molecule has 1 N–H and O–H groups in total. The Hall–Kier alpha value is -1.38. The van der Waals surface area contributed by atoms with Gasteiger partial charge in [0, 0.05) is 23.5 Å². The molecule has 0 aliphatic heterocycles. The molecule has 0 aliphatic rings. The van der Waals surface area contributed by atoms with Gasteiger partial charge in [0.05, 0.1) is 0 Å². The first-order chi connectivity index (χ1) is 8.75. The van der Waals surface area contributed by atoms with Crippen LogP contribution in [0.4, 0.5) is 0 Å². The van der Waals surface area contributed by atoms with Crippen molar-refractivity contribution in [1.82, 2.24) is 10.3 Å². The summed E-state index contributed by atoms with van der Waals surface area (Å²) in [7, 11) is 0. The van der Waals surface area contributed by atoms with Crippen LogP contribution in [0.2, 0.25) is 5.02 Å². The lowest BCUT2D eigenvalue weighted by molar-refractivity contribution is 0.577. The molecule has 0 fully saturated rings. The SMILES string of the molecule is CC(NCCc1ccncc1)c1cccc(Cl)c1. The minimum atomic E-state index is 0.311. The van der Waals surface area contributed by atoms with Gasteiger partial charge >= 0.3 is 0 Å². The van der Waals surface area contributed by atoms with Crippen LogP contribution in [-0.2, 0) is 6.42 Å². The molecule has 94 valence electrons. The van der Waals surface area contributed by atoms with Gasteiger partial charge in [0.25, 0.3) is 0 Å². The van der Waals surface area contributed by atoms with Gasteiger partial charge in [0.2, 0.25) is 0 Å². The summed E-state index contributed by atoms with van der Waals surface area (Å²) in [6.45, 7) is 3.09. The molecule has 1 unspecified atom stereocenters. The molecule has 3 heteroatoms. The predicted molar refractivity (Wildman–Crippen MR) is 75.8 cm³/mol. The molecule has 0 saturated carbocycles. The maximum absolute atomic E-state index is 5.98. The standard InChI is InChI=1S/C15H17ClN2/c1-12(14-3-2-4-15(16)11-14)18-10-7-13-5-8-17-9-6-13/h2-6,8-9,11-12,18H,7,10H2,1H3. The number of hydrogen-bond donors (Lipinski definition) is 1. The van der Waals surface area contributed by atoms with E-state index in [9.17, 15) is 0 Å². The highest BCUT2D eigenvalue weighted by molar-refractivity contribution is 6.30. The van der Waals surface area contributed by atoms with Crippen molar-refractivity contribution in [2.75, 3.05) is 6.54 Å². The molecule has 1 atom stereocenters. The Kier molecular flexibility index (Phi) is 4.73. The van der Waals surface area contributed by atoms with Crippen LogP contribution in [0.3, 0.4) is 0 Å². The van der Waals surface area contributed by atoms with Crippen molar-refractivity contribution < 1.29 is 0 Å². The summed E-state index contributed by atoms with van der Waals surface area (Å²) >= 11 is 5.98. The van der Waals surface area contributed by atoms with Crippen molar-refractivity contribution in [2.24, 2.45) is 0 Å². The second-order valence-electron chi connectivity index (χ2n) is 4.34. The number of nitrogens with one attached hydrogen (secondary N) is 1. The minimum absolute atomic E-state index is 0.311. The van der Waals surface area contributed by atoms with Crippen molar-refractivity contribution in [3.63, 3.8) is 0 Å². The van der Waals surface area contributed by atoms with Gasteiger partial charge in [-0.2, -0.15) is 0 Å². The molecule has 0 amide bonds. The molecule has 2 rings (SSSR count). The number of pyridine rings is 1. The van der Waals surface area contributed by atoms with E-state index >= 15 is 0 Å². The Balaban J connectivity index is 1.83. The van der Waals surface area contributed by atoms with Gasteiger partial charge in [-0.15, -0.1) is 0 Å². The van der Waals surface area contributed by atoms with E-state index in [0.29, 0.717) is 6.04 Å². The Bertz CT molecular complexity index is 485. The fourth-order valence-electron chi connectivity index (χ4n) is 1.88. The summed E-state index contributed by atoms with van der Waals surface area (Å²) in [5.41, 5.74) is 2.52. The van der Waals surface area contributed by atoms with Gasteiger partial charge in [0.15, 0.2) is 0 Å². The number of nitrogens with zero attached hydrogens (tertiary/aromatic N) is 1. The van der Waals surface area contributed by atoms with Crippen LogP contribution in [-0.4, -0.2) is 11.5 Å². The van der Waals surface area contributed by atoms with Crippen LogP contribution in [0.25, 0.3) is 0 Å². The Morgan fingerprint density at radius 2 is 2.00 bits per heavy atom. The monoisotopic (exact) mass is 260 g/mol. The minimum Gasteiger partial charge on any atom is -0.310 e. The Labute approximate surface area is 113 Å². The van der Waals surface area contributed by atoms with Crippen LogP contribution in [0, 0.1) is 0 Å². The molecule has 0 aliphatic carbocycles. The van der Waals surface area contributed by atoms with Gasteiger partial charge in [-0.25, -0.2) is 0 Å². The first kappa shape index (κ1) is 13.1. The molecule has 0 spiro atoms. The van der Waals surface area contributed by atoms with Crippen molar-refractivity contribution in [3.8, 4) is 0 Å². The average Bonchev–Trinajstić information content (AvgIpc) is 2.40. The van der Waals surface area contributed by atoms with Crippen molar-refractivity contribution in [3.05, 3.63) is 64.9 Å². The van der Waals surface area contributed by atoms with Gasteiger partial charge < -0.3 is 5.32 Å². The zero-order valence-corrected chi connectivity index (χ0v) is 11.2. The number of benzene rings is 1. The van der Waals surface area contributed by atoms with E-state index < -0.39 is 0 Å². The third-order valence-electron chi connectivity index (χ3n) is 2.96. The highest BCUT2D eigenvalue weighted by Gasteiger charge is 2.04. The Morgan fingerprint density at radius 1 is 1.22 bits per heavy atom. The topological polar surface area (TPSA) is 24.9 Å². The predicted octanol–water partition coefficient (Wildman–Crippen LogP) is 3.63. The summed E-state index contributed by atoms with van der Waals surface area (Å²) in [5.74, 6) is 0. The van der Waals surface area contributed by atoms with E-state index in [-0.39, 0.29) is 0 Å². The second-order valence-corrected chi connectivity index (χ2v) is 4.77. The zero-order chi connectivity index (χ0) is 12.8. The van der Waals surface area contributed by atoms with Gasteiger partial charge in [0.1, 0.15) is 0 Å². The summed E-state index contributed by atoms with van der Waals surface area (Å²) < 4.78 is 0. The lowest BCUT2D eigenvalue weighted by Crippen LogP contribution is -2.21. The van der Waals surface area contributed by atoms with E-state index in [4.69, 9.17) is 11.6 Å². The van der Waals surface area contributed by atoms with Gasteiger partial charge in [-0.3, -0.25) is 4.98 Å². The van der Waals surface area contributed by atoms with Crippen molar-refractivity contribution >= 4 is 11.6 Å². The molecular weight excluding hydrogens is 244 g/mol. The van der Waals surface area contributed by atoms with Crippen LogP contribution >= 0.6 is 11.6 Å². The van der Waals surface area contributed by atoms with E-state index in [1.54, 1.807) is 0 Å². The largest absolute Gasteiger partial charge is 0.310 e. The third kappa shape index (κ3) is 3.83. The smallest absolute Gasteiger partial charge is 0.0409 e. The molecule has 18 heavy (non-hydrogen) atoms. The molecule has 0 radical (unpaired) electrons.